The van der Waals surface area contributed by atoms with Crippen LogP contribution in [0.5, 0.6) is 0 Å². The highest BCUT2D eigenvalue weighted by molar-refractivity contribution is 5.08. The first kappa shape index (κ1) is 19.0. The van der Waals surface area contributed by atoms with Crippen molar-refractivity contribution in [2.45, 2.75) is 91.6 Å². The van der Waals surface area contributed by atoms with E-state index >= 15 is 0 Å². The highest BCUT2D eigenvalue weighted by Crippen LogP contribution is 2.65. The van der Waals surface area contributed by atoms with Gasteiger partial charge < -0.3 is 5.11 Å². The van der Waals surface area contributed by atoms with Crippen LogP contribution in [0, 0.1) is 52.8 Å². The molecular weight excluding hydrogens is 316 g/mol. The summed E-state index contributed by atoms with van der Waals surface area (Å²) in [5.41, 5.74) is 0.586. The second-order valence-electron chi connectivity index (χ2n) is 11.1. The second-order valence-corrected chi connectivity index (χ2v) is 11.1. The van der Waals surface area contributed by atoms with Crippen LogP contribution in [0.15, 0.2) is 12.2 Å². The number of fused-ring (bicyclic) bond motifs is 5. The zero-order valence-electron chi connectivity index (χ0n) is 17.7. The van der Waals surface area contributed by atoms with Crippen molar-refractivity contribution in [2.24, 2.45) is 52.8 Å². The van der Waals surface area contributed by atoms with Gasteiger partial charge in [-0.15, -0.1) is 0 Å². The molecule has 0 aromatic carbocycles. The Hall–Kier alpha value is -0.300. The van der Waals surface area contributed by atoms with Crippen molar-refractivity contribution in [3.63, 3.8) is 0 Å². The van der Waals surface area contributed by atoms with Gasteiger partial charge in [0.05, 0.1) is 6.10 Å². The topological polar surface area (TPSA) is 20.2 Å². The Bertz CT molecular complexity index is 522. The quantitative estimate of drug-likeness (QED) is 0.574. The molecule has 0 radical (unpaired) electrons. The minimum absolute atomic E-state index is 0.00566. The normalized spacial score (nSPS) is 49.7. The lowest BCUT2D eigenvalue weighted by atomic mass is 9.49. The number of hydrogen-bond acceptors (Lipinski definition) is 1. The molecule has 0 amide bonds. The molecular formula is C25H42O. The average molecular weight is 359 g/mol. The maximum Gasteiger partial charge on any atom is 0.0543 e. The summed E-state index contributed by atoms with van der Waals surface area (Å²) in [5, 5.41) is 10.1. The third kappa shape index (κ3) is 3.21. The van der Waals surface area contributed by atoms with Crippen LogP contribution >= 0.6 is 0 Å². The van der Waals surface area contributed by atoms with Crippen LogP contribution in [0.4, 0.5) is 0 Å². The van der Waals surface area contributed by atoms with Crippen LogP contribution in [0.25, 0.3) is 0 Å². The lowest BCUT2D eigenvalue weighted by molar-refractivity contribution is -0.0800. The molecule has 4 aliphatic carbocycles. The molecule has 0 aliphatic heterocycles. The SMILES string of the molecule is CC(C)/C=C/[C@@H](C)[C@H]1CC[C@H]2[C@@H]3CC[C@H]4C[C@@H](O)CC[C@@H]4[C@H]3CC[C@]12C. The van der Waals surface area contributed by atoms with Gasteiger partial charge in [0.2, 0.25) is 0 Å². The van der Waals surface area contributed by atoms with Crippen molar-refractivity contribution in [3.8, 4) is 0 Å². The van der Waals surface area contributed by atoms with E-state index in [1.807, 2.05) is 0 Å². The lowest BCUT2D eigenvalue weighted by Crippen LogP contribution is -2.49. The molecule has 1 heteroatoms. The number of hydrogen-bond donors (Lipinski definition) is 1. The fraction of sp³-hybridized carbons (Fsp3) is 0.920. The van der Waals surface area contributed by atoms with Crippen LogP contribution < -0.4 is 0 Å². The fourth-order valence-electron chi connectivity index (χ4n) is 8.26. The molecule has 4 aliphatic rings. The standard InChI is InChI=1S/C25H42O/c1-16(2)5-6-17(3)23-11-12-24-22-9-7-18-15-19(26)8-10-20(18)21(22)13-14-25(23,24)4/h5-6,16-24,26H,7-15H2,1-4H3/b6-5+/t17-,18+,19+,20+,21-,22-,23-,24+,25-/m1/s1. The maximum absolute atomic E-state index is 10.1. The molecule has 1 nitrogen and oxygen atoms in total. The van der Waals surface area contributed by atoms with Crippen molar-refractivity contribution in [3.05, 3.63) is 12.2 Å². The van der Waals surface area contributed by atoms with Crippen molar-refractivity contribution in [1.82, 2.24) is 0 Å². The van der Waals surface area contributed by atoms with Crippen LogP contribution in [-0.4, -0.2) is 11.2 Å². The number of allylic oxidation sites excluding steroid dienone is 2. The van der Waals surface area contributed by atoms with Gasteiger partial charge in [-0.2, -0.15) is 0 Å². The zero-order valence-corrected chi connectivity index (χ0v) is 17.7. The van der Waals surface area contributed by atoms with E-state index < -0.39 is 0 Å². The van der Waals surface area contributed by atoms with Gasteiger partial charge in [-0.25, -0.2) is 0 Å². The lowest BCUT2D eigenvalue weighted by Gasteiger charge is -2.56. The van der Waals surface area contributed by atoms with Crippen LogP contribution in [0.2, 0.25) is 0 Å². The molecule has 4 rings (SSSR count). The van der Waals surface area contributed by atoms with E-state index in [2.05, 4.69) is 39.8 Å². The smallest absolute Gasteiger partial charge is 0.0543 e. The van der Waals surface area contributed by atoms with Gasteiger partial charge >= 0.3 is 0 Å². The Kier molecular flexibility index (Phi) is 5.32. The van der Waals surface area contributed by atoms with Crippen molar-refractivity contribution >= 4 is 0 Å². The van der Waals surface area contributed by atoms with Crippen LogP contribution in [-0.2, 0) is 0 Å². The summed E-state index contributed by atoms with van der Waals surface area (Å²) < 4.78 is 0. The summed E-state index contributed by atoms with van der Waals surface area (Å²) in [6.45, 7) is 9.75. The van der Waals surface area contributed by atoms with Gasteiger partial charge in [0.25, 0.3) is 0 Å². The van der Waals surface area contributed by atoms with Gasteiger partial charge in [-0.1, -0.05) is 39.8 Å². The molecule has 0 saturated heterocycles. The monoisotopic (exact) mass is 358 g/mol. The highest BCUT2D eigenvalue weighted by atomic mass is 16.3. The average Bonchev–Trinajstić information content (AvgIpc) is 2.96. The second kappa shape index (κ2) is 7.26. The summed E-state index contributed by atoms with van der Waals surface area (Å²) in [4.78, 5) is 0. The Balaban J connectivity index is 1.49. The summed E-state index contributed by atoms with van der Waals surface area (Å²) in [6, 6.07) is 0. The van der Waals surface area contributed by atoms with Crippen molar-refractivity contribution in [2.75, 3.05) is 0 Å². The van der Waals surface area contributed by atoms with Crippen molar-refractivity contribution in [1.29, 1.82) is 0 Å². The van der Waals surface area contributed by atoms with E-state index in [1.165, 1.54) is 44.9 Å². The molecule has 0 aromatic heterocycles. The minimum Gasteiger partial charge on any atom is -0.393 e. The van der Waals surface area contributed by atoms with E-state index in [4.69, 9.17) is 0 Å². The minimum atomic E-state index is 0.00566. The Morgan fingerprint density at radius 2 is 1.62 bits per heavy atom. The van der Waals surface area contributed by atoms with E-state index in [1.54, 1.807) is 0 Å². The number of aliphatic hydroxyl groups excluding tert-OH is 1. The predicted molar refractivity (Wildman–Crippen MR) is 110 cm³/mol. The summed E-state index contributed by atoms with van der Waals surface area (Å²) >= 11 is 0. The van der Waals surface area contributed by atoms with E-state index in [9.17, 15) is 5.11 Å². The van der Waals surface area contributed by atoms with Gasteiger partial charge in [0.1, 0.15) is 0 Å². The summed E-state index contributed by atoms with van der Waals surface area (Å²) in [6.07, 6.45) is 17.2. The number of rotatable bonds is 3. The van der Waals surface area contributed by atoms with E-state index in [0.717, 1.165) is 54.3 Å². The van der Waals surface area contributed by atoms with Gasteiger partial charge in [0, 0.05) is 0 Å². The molecule has 26 heavy (non-hydrogen) atoms. The third-order valence-electron chi connectivity index (χ3n) is 9.43. The first-order valence-corrected chi connectivity index (χ1v) is 11.8. The Morgan fingerprint density at radius 1 is 0.846 bits per heavy atom. The molecule has 4 fully saturated rings. The predicted octanol–water partition coefficient (Wildman–Crippen LogP) is 6.46. The molecule has 0 bridgehead atoms. The zero-order chi connectivity index (χ0) is 18.5. The largest absolute Gasteiger partial charge is 0.393 e. The number of aliphatic hydroxyl groups is 1. The molecule has 4 saturated carbocycles. The molecule has 0 aromatic rings. The molecule has 0 heterocycles. The Morgan fingerprint density at radius 3 is 2.38 bits per heavy atom. The molecule has 9 atom stereocenters. The van der Waals surface area contributed by atoms with Gasteiger partial charge in [-0.3, -0.25) is 0 Å². The summed E-state index contributed by atoms with van der Waals surface area (Å²) in [7, 11) is 0. The third-order valence-corrected chi connectivity index (χ3v) is 9.43. The summed E-state index contributed by atoms with van der Waals surface area (Å²) in [5.74, 6) is 7.06. The van der Waals surface area contributed by atoms with E-state index in [0.29, 0.717) is 11.3 Å². The van der Waals surface area contributed by atoms with Crippen molar-refractivity contribution < 1.29 is 5.11 Å². The highest BCUT2D eigenvalue weighted by Gasteiger charge is 2.57. The Labute approximate surface area is 162 Å². The first-order chi connectivity index (χ1) is 12.4. The fourth-order valence-corrected chi connectivity index (χ4v) is 8.26. The molecule has 1 N–H and O–H groups in total. The molecule has 148 valence electrons. The van der Waals surface area contributed by atoms with Crippen LogP contribution in [0.3, 0.4) is 0 Å². The maximum atomic E-state index is 10.1. The molecule has 0 spiro atoms. The van der Waals surface area contributed by atoms with E-state index in [-0.39, 0.29) is 6.10 Å². The van der Waals surface area contributed by atoms with Crippen LogP contribution in [0.1, 0.15) is 85.5 Å². The van der Waals surface area contributed by atoms with Gasteiger partial charge in [-0.05, 0) is 111 Å². The molecule has 0 unspecified atom stereocenters. The van der Waals surface area contributed by atoms with Gasteiger partial charge in [0.15, 0.2) is 0 Å². The first-order valence-electron chi connectivity index (χ1n) is 11.8.